The first-order valence-corrected chi connectivity index (χ1v) is 9.44. The van der Waals surface area contributed by atoms with Crippen molar-refractivity contribution in [1.29, 1.82) is 0 Å². The molecule has 120 valence electrons. The maximum absolute atomic E-state index is 12.2. The molecule has 0 aliphatic carbocycles. The molecule has 0 spiro atoms. The average molecular weight is 366 g/mol. The average Bonchev–Trinajstić information content (AvgIpc) is 3.09. The molecule has 1 N–H and O–H groups in total. The number of thiazole rings is 1. The molecule has 0 fully saturated rings. The predicted molar refractivity (Wildman–Crippen MR) is 95.8 cm³/mol. The number of nitrogens with zero attached hydrogens (tertiary/aromatic N) is 3. The minimum Gasteiger partial charge on any atom is -0.301 e. The highest BCUT2D eigenvalue weighted by atomic mass is 32.2. The SMILES string of the molecule is Cc1csc(NC(=O)CSc2cc3c(=O)n(C)c(C)nc3s2)n1. The summed E-state index contributed by atoms with van der Waals surface area (Å²) >= 11 is 4.23. The summed E-state index contributed by atoms with van der Waals surface area (Å²) in [4.78, 5) is 33.4. The van der Waals surface area contributed by atoms with Crippen molar-refractivity contribution in [2.75, 3.05) is 11.1 Å². The standard InChI is InChI=1S/C14H14N4O2S3/c1-7-5-22-14(15-7)17-10(19)6-21-11-4-9-12(23-11)16-8(2)18(3)13(9)20/h4-5H,6H2,1-3H3,(H,15,17,19). The number of amides is 1. The zero-order valence-electron chi connectivity index (χ0n) is 12.7. The van der Waals surface area contributed by atoms with Gasteiger partial charge in [-0.3, -0.25) is 14.2 Å². The lowest BCUT2D eigenvalue weighted by molar-refractivity contribution is -0.113. The number of hydrogen-bond acceptors (Lipinski definition) is 7. The van der Waals surface area contributed by atoms with Crippen LogP contribution in [-0.4, -0.2) is 26.2 Å². The Hall–Kier alpha value is -1.71. The molecule has 3 aromatic heterocycles. The Kier molecular flexibility index (Phi) is 4.51. The number of aryl methyl sites for hydroxylation is 2. The van der Waals surface area contributed by atoms with E-state index >= 15 is 0 Å². The van der Waals surface area contributed by atoms with Crippen LogP contribution in [0.3, 0.4) is 0 Å². The van der Waals surface area contributed by atoms with Crippen LogP contribution in [0.4, 0.5) is 5.13 Å². The summed E-state index contributed by atoms with van der Waals surface area (Å²) in [6.45, 7) is 3.68. The quantitative estimate of drug-likeness (QED) is 0.719. The van der Waals surface area contributed by atoms with Crippen molar-refractivity contribution in [3.05, 3.63) is 33.3 Å². The first kappa shape index (κ1) is 16.2. The molecule has 0 unspecified atom stereocenters. The molecule has 0 atom stereocenters. The maximum atomic E-state index is 12.2. The second-order valence-electron chi connectivity index (χ2n) is 4.94. The van der Waals surface area contributed by atoms with Crippen molar-refractivity contribution >= 4 is 55.7 Å². The van der Waals surface area contributed by atoms with E-state index in [0.717, 1.165) is 9.90 Å². The Balaban J connectivity index is 1.71. The molecule has 1 amide bonds. The zero-order valence-corrected chi connectivity index (χ0v) is 15.2. The smallest absolute Gasteiger partial charge is 0.262 e. The Bertz CT molecular complexity index is 941. The fourth-order valence-electron chi connectivity index (χ4n) is 1.92. The van der Waals surface area contributed by atoms with Crippen LogP contribution < -0.4 is 10.9 Å². The molecule has 0 saturated heterocycles. The van der Waals surface area contributed by atoms with Crippen LogP contribution >= 0.6 is 34.4 Å². The third-order valence-corrected chi connectivity index (χ3v) is 6.30. The summed E-state index contributed by atoms with van der Waals surface area (Å²) < 4.78 is 2.43. The highest BCUT2D eigenvalue weighted by molar-refractivity contribution is 8.01. The summed E-state index contributed by atoms with van der Waals surface area (Å²) in [6.07, 6.45) is 0. The van der Waals surface area contributed by atoms with Crippen molar-refractivity contribution in [3.63, 3.8) is 0 Å². The van der Waals surface area contributed by atoms with Gasteiger partial charge < -0.3 is 5.32 Å². The Labute approximate surface area is 144 Å². The lowest BCUT2D eigenvalue weighted by Gasteiger charge is -2.00. The molecule has 0 saturated carbocycles. The minimum atomic E-state index is -0.112. The van der Waals surface area contributed by atoms with Crippen molar-refractivity contribution < 1.29 is 4.79 Å². The number of aromatic nitrogens is 3. The molecule has 0 radical (unpaired) electrons. The number of carbonyl (C=O) groups is 1. The second-order valence-corrected chi connectivity index (χ2v) is 8.10. The number of anilines is 1. The largest absolute Gasteiger partial charge is 0.301 e. The summed E-state index contributed by atoms with van der Waals surface area (Å²) in [6, 6.07) is 1.81. The van der Waals surface area contributed by atoms with Crippen molar-refractivity contribution in [2.24, 2.45) is 7.05 Å². The van der Waals surface area contributed by atoms with Gasteiger partial charge in [-0.15, -0.1) is 34.4 Å². The van der Waals surface area contributed by atoms with Gasteiger partial charge in [0.25, 0.3) is 5.56 Å². The lowest BCUT2D eigenvalue weighted by Crippen LogP contribution is -2.19. The van der Waals surface area contributed by atoms with E-state index in [0.29, 0.717) is 21.2 Å². The third kappa shape index (κ3) is 3.46. The summed E-state index contributed by atoms with van der Waals surface area (Å²) in [7, 11) is 1.71. The van der Waals surface area contributed by atoms with Crippen molar-refractivity contribution in [1.82, 2.24) is 14.5 Å². The van der Waals surface area contributed by atoms with E-state index in [1.807, 2.05) is 12.3 Å². The van der Waals surface area contributed by atoms with Gasteiger partial charge in [0.2, 0.25) is 5.91 Å². The first-order valence-electron chi connectivity index (χ1n) is 6.76. The minimum absolute atomic E-state index is 0.0571. The van der Waals surface area contributed by atoms with Gasteiger partial charge in [0, 0.05) is 12.4 Å². The molecule has 23 heavy (non-hydrogen) atoms. The number of thiophene rings is 1. The van der Waals surface area contributed by atoms with E-state index in [-0.39, 0.29) is 17.2 Å². The van der Waals surface area contributed by atoms with E-state index in [9.17, 15) is 9.59 Å². The molecule has 3 heterocycles. The van der Waals surface area contributed by atoms with E-state index in [4.69, 9.17) is 0 Å². The number of thioether (sulfide) groups is 1. The zero-order chi connectivity index (χ0) is 16.6. The highest BCUT2D eigenvalue weighted by Crippen LogP contribution is 2.30. The van der Waals surface area contributed by atoms with Crippen molar-refractivity contribution in [2.45, 2.75) is 18.1 Å². The molecule has 0 aromatic carbocycles. The molecule has 3 aromatic rings. The summed E-state index contributed by atoms with van der Waals surface area (Å²) in [5.74, 6) is 0.835. The van der Waals surface area contributed by atoms with Gasteiger partial charge in [-0.2, -0.15) is 0 Å². The Morgan fingerprint density at radius 2 is 2.17 bits per heavy atom. The molecular formula is C14H14N4O2S3. The van der Waals surface area contributed by atoms with Crippen LogP contribution in [0.1, 0.15) is 11.5 Å². The topological polar surface area (TPSA) is 76.9 Å². The first-order chi connectivity index (χ1) is 10.9. The van der Waals surface area contributed by atoms with Crippen LogP contribution in [0, 0.1) is 13.8 Å². The lowest BCUT2D eigenvalue weighted by atomic mass is 10.4. The molecule has 3 rings (SSSR count). The van der Waals surface area contributed by atoms with Gasteiger partial charge in [-0.05, 0) is 19.9 Å². The maximum Gasteiger partial charge on any atom is 0.262 e. The van der Waals surface area contributed by atoms with Crippen LogP contribution in [0.2, 0.25) is 0 Å². The van der Waals surface area contributed by atoms with Crippen molar-refractivity contribution in [3.8, 4) is 0 Å². The Morgan fingerprint density at radius 1 is 1.39 bits per heavy atom. The molecule has 6 nitrogen and oxygen atoms in total. The van der Waals surface area contributed by atoms with Gasteiger partial charge in [-0.1, -0.05) is 0 Å². The van der Waals surface area contributed by atoms with Gasteiger partial charge in [0.05, 0.1) is 21.0 Å². The van der Waals surface area contributed by atoms with Crippen LogP contribution in [0.25, 0.3) is 10.2 Å². The molecule has 9 heteroatoms. The van der Waals surface area contributed by atoms with Gasteiger partial charge >= 0.3 is 0 Å². The monoisotopic (exact) mass is 366 g/mol. The number of fused-ring (bicyclic) bond motifs is 1. The van der Waals surface area contributed by atoms with Crippen LogP contribution in [-0.2, 0) is 11.8 Å². The highest BCUT2D eigenvalue weighted by Gasteiger charge is 2.12. The van der Waals surface area contributed by atoms with Gasteiger partial charge in [-0.25, -0.2) is 9.97 Å². The summed E-state index contributed by atoms with van der Waals surface area (Å²) in [5.41, 5.74) is 0.832. The number of carbonyl (C=O) groups excluding carboxylic acids is 1. The van der Waals surface area contributed by atoms with Gasteiger partial charge in [0.15, 0.2) is 5.13 Å². The molecule has 0 bridgehead atoms. The van der Waals surface area contributed by atoms with E-state index < -0.39 is 0 Å². The van der Waals surface area contributed by atoms with Crippen LogP contribution in [0.15, 0.2) is 20.5 Å². The predicted octanol–water partition coefficient (Wildman–Crippen LogP) is 2.80. The molecule has 0 aliphatic heterocycles. The van der Waals surface area contributed by atoms with Gasteiger partial charge in [0.1, 0.15) is 10.7 Å². The number of nitrogens with one attached hydrogen (secondary N) is 1. The van der Waals surface area contributed by atoms with E-state index in [1.165, 1.54) is 39.0 Å². The fourth-order valence-corrected chi connectivity index (χ4v) is 4.62. The second kappa shape index (κ2) is 6.42. The number of hydrogen-bond donors (Lipinski definition) is 1. The fraction of sp³-hybridized carbons (Fsp3) is 0.286. The number of rotatable bonds is 4. The Morgan fingerprint density at radius 3 is 2.87 bits per heavy atom. The molecular weight excluding hydrogens is 352 g/mol. The van der Waals surface area contributed by atoms with E-state index in [1.54, 1.807) is 20.0 Å². The molecule has 0 aliphatic rings. The summed E-state index contributed by atoms with van der Waals surface area (Å²) in [5, 5.41) is 5.86. The van der Waals surface area contributed by atoms with Crippen LogP contribution in [0.5, 0.6) is 0 Å². The van der Waals surface area contributed by atoms with E-state index in [2.05, 4.69) is 15.3 Å². The third-order valence-electron chi connectivity index (χ3n) is 3.18. The normalized spacial score (nSPS) is 11.1.